The molecule has 3 amide bonds. The molecule has 1 heterocycles. The van der Waals surface area contributed by atoms with Gasteiger partial charge in [-0.05, 0) is 43.1 Å². The van der Waals surface area contributed by atoms with Crippen LogP contribution in [0, 0.1) is 17.2 Å². The molecule has 0 bridgehead atoms. The number of carbonyl (C=O) groups excluding carboxylic acids is 3. The van der Waals surface area contributed by atoms with Gasteiger partial charge in [0.1, 0.15) is 24.5 Å². The Morgan fingerprint density at radius 1 is 1.25 bits per heavy atom. The van der Waals surface area contributed by atoms with E-state index in [2.05, 4.69) is 26.1 Å². The normalized spacial score (nSPS) is 25.1. The van der Waals surface area contributed by atoms with Gasteiger partial charge in [0, 0.05) is 5.56 Å². The molecule has 1 saturated heterocycles. The van der Waals surface area contributed by atoms with Crippen LogP contribution in [0.3, 0.4) is 0 Å². The lowest BCUT2D eigenvalue weighted by Crippen LogP contribution is -2.50. The predicted molar refractivity (Wildman–Crippen MR) is 101 cm³/mol. The van der Waals surface area contributed by atoms with E-state index in [0.29, 0.717) is 18.8 Å². The minimum absolute atomic E-state index is 0.156. The van der Waals surface area contributed by atoms with E-state index in [-0.39, 0.29) is 23.5 Å². The zero-order chi connectivity index (χ0) is 20.5. The second kappa shape index (κ2) is 7.53. The summed E-state index contributed by atoms with van der Waals surface area (Å²) >= 11 is 0. The molecule has 1 spiro atoms. The van der Waals surface area contributed by atoms with Crippen molar-refractivity contribution >= 4 is 17.9 Å². The fraction of sp³-hybridized carbons (Fsp3) is 0.571. The molecule has 3 rings (SSSR count). The lowest BCUT2D eigenvalue weighted by atomic mass is 9.67. The van der Waals surface area contributed by atoms with Crippen LogP contribution >= 0.6 is 0 Å². The summed E-state index contributed by atoms with van der Waals surface area (Å²) in [6.45, 7) is 5.84. The second-order valence-corrected chi connectivity index (χ2v) is 8.80. The molecule has 0 radical (unpaired) electrons. The first kappa shape index (κ1) is 20.3. The van der Waals surface area contributed by atoms with E-state index >= 15 is 0 Å². The Morgan fingerprint density at radius 3 is 2.50 bits per heavy atom. The van der Waals surface area contributed by atoms with E-state index in [1.54, 1.807) is 12.1 Å². The minimum Gasteiger partial charge on any atom is -0.459 e. The van der Waals surface area contributed by atoms with Crippen LogP contribution in [0.5, 0.6) is 0 Å². The van der Waals surface area contributed by atoms with Crippen molar-refractivity contribution in [2.24, 2.45) is 11.3 Å². The van der Waals surface area contributed by atoms with E-state index in [9.17, 15) is 18.8 Å². The summed E-state index contributed by atoms with van der Waals surface area (Å²) in [5.41, 5.74) is -0.515. The van der Waals surface area contributed by atoms with Crippen LogP contribution in [0.1, 0.15) is 52.0 Å². The smallest absolute Gasteiger partial charge is 0.326 e. The fourth-order valence-corrected chi connectivity index (χ4v) is 4.08. The number of hydrogen-bond donors (Lipinski definition) is 1. The van der Waals surface area contributed by atoms with Gasteiger partial charge in [0.25, 0.3) is 5.91 Å². The summed E-state index contributed by atoms with van der Waals surface area (Å²) < 4.78 is 18.7. The standard InChI is InChI=1S/C21H27FN2O4/c1-20(2,3)15-8-10-21(11-9-15)18(26)24(19(27)23-21)12-17(25)28-13-14-6-4-5-7-16(14)22/h4-7,15H,8-13H2,1-3H3,(H,23,27). The van der Waals surface area contributed by atoms with E-state index in [0.717, 1.165) is 17.7 Å². The molecule has 1 aromatic rings. The van der Waals surface area contributed by atoms with Gasteiger partial charge < -0.3 is 10.1 Å². The number of hydrogen-bond acceptors (Lipinski definition) is 4. The van der Waals surface area contributed by atoms with Gasteiger partial charge in [0.15, 0.2) is 0 Å². The first-order valence-corrected chi connectivity index (χ1v) is 9.65. The van der Waals surface area contributed by atoms with Gasteiger partial charge in [-0.1, -0.05) is 39.0 Å². The van der Waals surface area contributed by atoms with Gasteiger partial charge in [0.2, 0.25) is 0 Å². The molecule has 2 fully saturated rings. The van der Waals surface area contributed by atoms with Crippen molar-refractivity contribution < 1.29 is 23.5 Å². The number of esters is 1. The Hall–Kier alpha value is -2.44. The van der Waals surface area contributed by atoms with Crippen molar-refractivity contribution in [3.8, 4) is 0 Å². The maximum atomic E-state index is 13.6. The first-order valence-electron chi connectivity index (χ1n) is 9.65. The Bertz CT molecular complexity index is 779. The highest BCUT2D eigenvalue weighted by atomic mass is 19.1. The summed E-state index contributed by atoms with van der Waals surface area (Å²) in [4.78, 5) is 38.2. The third kappa shape index (κ3) is 4.03. The summed E-state index contributed by atoms with van der Waals surface area (Å²) in [6.07, 6.45) is 2.84. The van der Waals surface area contributed by atoms with E-state index in [4.69, 9.17) is 4.74 Å². The second-order valence-electron chi connectivity index (χ2n) is 8.80. The van der Waals surface area contributed by atoms with Gasteiger partial charge >= 0.3 is 12.0 Å². The number of imide groups is 1. The van der Waals surface area contributed by atoms with Gasteiger partial charge in [-0.15, -0.1) is 0 Å². The molecule has 2 aliphatic rings. The average Bonchev–Trinajstić information content (AvgIpc) is 2.85. The zero-order valence-electron chi connectivity index (χ0n) is 16.6. The van der Waals surface area contributed by atoms with E-state index in [1.165, 1.54) is 12.1 Å². The van der Waals surface area contributed by atoms with Crippen molar-refractivity contribution in [2.75, 3.05) is 6.54 Å². The number of halogens is 1. The SMILES string of the molecule is CC(C)(C)C1CCC2(CC1)NC(=O)N(CC(=O)OCc1ccccc1F)C2=O. The fourth-order valence-electron chi connectivity index (χ4n) is 4.08. The molecule has 1 saturated carbocycles. The molecule has 6 nitrogen and oxygen atoms in total. The van der Waals surface area contributed by atoms with Gasteiger partial charge in [-0.25, -0.2) is 9.18 Å². The number of urea groups is 1. The summed E-state index contributed by atoms with van der Waals surface area (Å²) in [7, 11) is 0. The van der Waals surface area contributed by atoms with Crippen molar-refractivity contribution in [2.45, 2.75) is 58.6 Å². The first-order chi connectivity index (χ1) is 13.1. The van der Waals surface area contributed by atoms with E-state index in [1.807, 2.05) is 0 Å². The molecule has 0 aromatic heterocycles. The number of nitrogens with one attached hydrogen (secondary N) is 1. The van der Waals surface area contributed by atoms with Gasteiger partial charge in [-0.2, -0.15) is 0 Å². The number of amides is 3. The van der Waals surface area contributed by atoms with Crippen LogP contribution in [0.2, 0.25) is 0 Å². The largest absolute Gasteiger partial charge is 0.459 e. The maximum absolute atomic E-state index is 13.6. The molecule has 1 aromatic carbocycles. The van der Waals surface area contributed by atoms with E-state index < -0.39 is 29.9 Å². The van der Waals surface area contributed by atoms with Crippen LogP contribution in [0.15, 0.2) is 24.3 Å². The topological polar surface area (TPSA) is 75.7 Å². The molecule has 1 aliphatic heterocycles. The molecule has 1 N–H and O–H groups in total. The van der Waals surface area contributed by atoms with Crippen molar-refractivity contribution in [1.29, 1.82) is 0 Å². The molecule has 152 valence electrons. The zero-order valence-corrected chi connectivity index (χ0v) is 16.6. The number of rotatable bonds is 4. The van der Waals surface area contributed by atoms with Crippen LogP contribution < -0.4 is 5.32 Å². The number of carbonyl (C=O) groups is 3. The van der Waals surface area contributed by atoms with Crippen molar-refractivity contribution in [1.82, 2.24) is 10.2 Å². The predicted octanol–water partition coefficient (Wildman–Crippen LogP) is 3.40. The molecule has 7 heteroatoms. The Labute approximate surface area is 164 Å². The van der Waals surface area contributed by atoms with Crippen LogP contribution in [0.4, 0.5) is 9.18 Å². The van der Waals surface area contributed by atoms with Crippen LogP contribution in [-0.2, 0) is 20.9 Å². The monoisotopic (exact) mass is 390 g/mol. The molecular weight excluding hydrogens is 363 g/mol. The van der Waals surface area contributed by atoms with Gasteiger partial charge in [0.05, 0.1) is 0 Å². The Morgan fingerprint density at radius 2 is 1.89 bits per heavy atom. The summed E-state index contributed by atoms with van der Waals surface area (Å²) in [5, 5.41) is 2.80. The number of ether oxygens (including phenoxy) is 1. The Kier molecular flexibility index (Phi) is 5.46. The highest BCUT2D eigenvalue weighted by Gasteiger charge is 2.53. The third-order valence-corrected chi connectivity index (χ3v) is 5.94. The molecule has 1 aliphatic carbocycles. The third-order valence-electron chi connectivity index (χ3n) is 5.94. The molecule has 0 unspecified atom stereocenters. The van der Waals surface area contributed by atoms with Crippen LogP contribution in [-0.4, -0.2) is 34.9 Å². The lowest BCUT2D eigenvalue weighted by Gasteiger charge is -2.40. The number of benzene rings is 1. The highest BCUT2D eigenvalue weighted by Crippen LogP contribution is 2.43. The summed E-state index contributed by atoms with van der Waals surface area (Å²) in [6, 6.07) is 5.41. The van der Waals surface area contributed by atoms with Gasteiger partial charge in [-0.3, -0.25) is 14.5 Å². The summed E-state index contributed by atoms with van der Waals surface area (Å²) in [5.74, 6) is -1.10. The quantitative estimate of drug-likeness (QED) is 0.632. The molecule has 0 atom stereocenters. The maximum Gasteiger partial charge on any atom is 0.326 e. The Balaban J connectivity index is 1.58. The lowest BCUT2D eigenvalue weighted by molar-refractivity contribution is -0.149. The van der Waals surface area contributed by atoms with Crippen LogP contribution in [0.25, 0.3) is 0 Å². The average molecular weight is 390 g/mol. The number of nitrogens with zero attached hydrogens (tertiary/aromatic N) is 1. The molecule has 28 heavy (non-hydrogen) atoms. The van der Waals surface area contributed by atoms with Crippen molar-refractivity contribution in [3.63, 3.8) is 0 Å². The molecular formula is C21H27FN2O4. The highest BCUT2D eigenvalue weighted by molar-refractivity contribution is 6.08. The van der Waals surface area contributed by atoms with Crippen molar-refractivity contribution in [3.05, 3.63) is 35.6 Å². The minimum atomic E-state index is -0.912.